The maximum Gasteiger partial charge on any atom is 0.00279 e. The van der Waals surface area contributed by atoms with E-state index in [4.69, 9.17) is 0 Å². The third-order valence-electron chi connectivity index (χ3n) is 3.46. The van der Waals surface area contributed by atoms with Crippen molar-refractivity contribution in [3.8, 4) is 0 Å². The fourth-order valence-electron chi connectivity index (χ4n) is 2.27. The molecule has 0 heterocycles. The average molecular weight is 245 g/mol. The normalized spacial score (nSPS) is 11.1. The summed E-state index contributed by atoms with van der Waals surface area (Å²) in [5.41, 5.74) is 0. The van der Waals surface area contributed by atoms with Crippen molar-refractivity contribution in [3.63, 3.8) is 0 Å². The van der Waals surface area contributed by atoms with Crippen molar-refractivity contribution in [2.45, 2.75) is 96.4 Å². The fraction of sp³-hybridized carbons (Fsp3) is 1.00. The fourth-order valence-corrected chi connectivity index (χ4v) is 2.77. The molecule has 0 saturated carbocycles. The predicted molar refractivity (Wildman–Crippen MR) is 82.6 cm³/mol. The minimum absolute atomic E-state index is 0. The molecule has 0 nitrogen and oxygen atoms in total. The topological polar surface area (TPSA) is 0 Å². The van der Waals surface area contributed by atoms with Crippen molar-refractivity contribution in [1.29, 1.82) is 0 Å². The summed E-state index contributed by atoms with van der Waals surface area (Å²) in [7, 11) is 1.41. The van der Waals surface area contributed by atoms with Gasteiger partial charge in [-0.2, -0.15) is 0 Å². The SMILES string of the molecule is CCCCCCCCCCCCCCC[SiH3].[HH]. The van der Waals surface area contributed by atoms with Crippen LogP contribution in [0.5, 0.6) is 0 Å². The Bertz CT molecular complexity index is 103. The first-order valence-electron chi connectivity index (χ1n) is 7.91. The number of hydrogen-bond donors (Lipinski definition) is 0. The second-order valence-electron chi connectivity index (χ2n) is 5.24. The van der Waals surface area contributed by atoms with Gasteiger partial charge in [0.15, 0.2) is 0 Å². The van der Waals surface area contributed by atoms with Gasteiger partial charge in [-0.1, -0.05) is 96.4 Å². The zero-order chi connectivity index (χ0) is 11.9. The quantitative estimate of drug-likeness (QED) is 0.312. The Balaban J connectivity index is 0. The van der Waals surface area contributed by atoms with Gasteiger partial charge in [0, 0.05) is 11.7 Å². The van der Waals surface area contributed by atoms with Crippen LogP contribution in [0.3, 0.4) is 0 Å². The van der Waals surface area contributed by atoms with E-state index in [2.05, 4.69) is 6.92 Å². The second kappa shape index (κ2) is 15.2. The van der Waals surface area contributed by atoms with E-state index in [-0.39, 0.29) is 1.43 Å². The highest BCUT2D eigenvalue weighted by Gasteiger charge is 1.92. The summed E-state index contributed by atoms with van der Waals surface area (Å²) >= 11 is 0. The lowest BCUT2D eigenvalue weighted by molar-refractivity contribution is 0.542. The van der Waals surface area contributed by atoms with E-state index in [1.807, 2.05) is 0 Å². The van der Waals surface area contributed by atoms with Crippen molar-refractivity contribution in [2.24, 2.45) is 0 Å². The van der Waals surface area contributed by atoms with Crippen LogP contribution in [0.2, 0.25) is 6.04 Å². The molecule has 0 radical (unpaired) electrons. The van der Waals surface area contributed by atoms with Gasteiger partial charge in [0.05, 0.1) is 0 Å². The second-order valence-corrected chi connectivity index (χ2v) is 6.24. The van der Waals surface area contributed by atoms with Crippen molar-refractivity contribution in [2.75, 3.05) is 0 Å². The Morgan fingerprint density at radius 1 is 0.562 bits per heavy atom. The molecular formula is C15H36Si. The van der Waals surface area contributed by atoms with Crippen LogP contribution in [0.4, 0.5) is 0 Å². The Morgan fingerprint density at radius 2 is 0.875 bits per heavy atom. The first kappa shape index (κ1) is 16.2. The molecule has 0 unspecified atom stereocenters. The van der Waals surface area contributed by atoms with Gasteiger partial charge in [0.1, 0.15) is 0 Å². The van der Waals surface area contributed by atoms with Crippen molar-refractivity contribution < 1.29 is 1.43 Å². The molecule has 100 valence electrons. The number of hydrogen-bond acceptors (Lipinski definition) is 0. The molecule has 0 spiro atoms. The standard InChI is InChI=1S/C15H34Si.H2/c1-2-3-4-5-6-7-8-9-10-11-12-13-14-15-16;/h2-15H2,1,16H3;1H. The highest BCUT2D eigenvalue weighted by molar-refractivity contribution is 6.08. The summed E-state index contributed by atoms with van der Waals surface area (Å²) in [6.07, 6.45) is 19.2. The third-order valence-corrected chi connectivity index (χ3v) is 4.16. The Labute approximate surface area is 109 Å². The van der Waals surface area contributed by atoms with Gasteiger partial charge in [-0.3, -0.25) is 0 Å². The first-order valence-corrected chi connectivity index (χ1v) is 9.33. The van der Waals surface area contributed by atoms with Gasteiger partial charge in [0.25, 0.3) is 0 Å². The molecule has 0 aromatic rings. The van der Waals surface area contributed by atoms with Gasteiger partial charge >= 0.3 is 0 Å². The summed E-state index contributed by atoms with van der Waals surface area (Å²) in [6, 6.07) is 1.51. The average Bonchev–Trinajstić information content (AvgIpc) is 2.31. The van der Waals surface area contributed by atoms with Gasteiger partial charge in [-0.25, -0.2) is 0 Å². The van der Waals surface area contributed by atoms with E-state index >= 15 is 0 Å². The van der Waals surface area contributed by atoms with E-state index < -0.39 is 0 Å². The first-order chi connectivity index (χ1) is 7.91. The largest absolute Gasteiger partial charge is 0.0658 e. The van der Waals surface area contributed by atoms with Crippen LogP contribution in [-0.4, -0.2) is 10.2 Å². The highest BCUT2D eigenvalue weighted by atomic mass is 28.1. The smallest absolute Gasteiger partial charge is 0.00279 e. The predicted octanol–water partition coefficient (Wildman–Crippen LogP) is 5.11. The van der Waals surface area contributed by atoms with E-state index in [0.29, 0.717) is 0 Å². The summed E-state index contributed by atoms with van der Waals surface area (Å²) in [5, 5.41) is 0. The molecule has 0 saturated heterocycles. The van der Waals surface area contributed by atoms with Crippen molar-refractivity contribution in [1.82, 2.24) is 0 Å². The van der Waals surface area contributed by atoms with Crippen molar-refractivity contribution in [3.05, 3.63) is 0 Å². The lowest BCUT2D eigenvalue weighted by Gasteiger charge is -2.02. The van der Waals surface area contributed by atoms with Crippen LogP contribution in [0.25, 0.3) is 0 Å². The molecule has 1 heteroatoms. The molecule has 16 heavy (non-hydrogen) atoms. The zero-order valence-electron chi connectivity index (χ0n) is 11.9. The summed E-state index contributed by atoms with van der Waals surface area (Å²) < 4.78 is 0. The van der Waals surface area contributed by atoms with Gasteiger partial charge in [0.2, 0.25) is 0 Å². The third kappa shape index (κ3) is 14.2. The lowest BCUT2D eigenvalue weighted by atomic mass is 10.1. The van der Waals surface area contributed by atoms with E-state index in [1.54, 1.807) is 0 Å². The van der Waals surface area contributed by atoms with E-state index in [0.717, 1.165) is 0 Å². The molecule has 0 N–H and O–H groups in total. The molecule has 0 bridgehead atoms. The molecule has 0 rings (SSSR count). The van der Waals surface area contributed by atoms with Gasteiger partial charge < -0.3 is 0 Å². The molecule has 0 amide bonds. The zero-order valence-corrected chi connectivity index (χ0v) is 13.9. The maximum atomic E-state index is 2.29. The molecule has 0 aliphatic carbocycles. The van der Waals surface area contributed by atoms with Crippen LogP contribution in [0.15, 0.2) is 0 Å². The Morgan fingerprint density at radius 3 is 1.19 bits per heavy atom. The molecular weight excluding hydrogens is 208 g/mol. The summed E-state index contributed by atoms with van der Waals surface area (Å²) in [4.78, 5) is 0. The molecule has 0 aromatic heterocycles. The molecule has 0 atom stereocenters. The minimum atomic E-state index is 0. The van der Waals surface area contributed by atoms with Crippen LogP contribution in [0, 0.1) is 0 Å². The molecule has 0 aromatic carbocycles. The van der Waals surface area contributed by atoms with Gasteiger partial charge in [-0.15, -0.1) is 0 Å². The lowest BCUT2D eigenvalue weighted by Crippen LogP contribution is -1.82. The molecule has 0 fully saturated rings. The van der Waals surface area contributed by atoms with Crippen LogP contribution in [0.1, 0.15) is 91.8 Å². The van der Waals surface area contributed by atoms with Crippen LogP contribution >= 0.6 is 0 Å². The van der Waals surface area contributed by atoms with E-state index in [9.17, 15) is 0 Å². The monoisotopic (exact) mass is 244 g/mol. The van der Waals surface area contributed by atoms with E-state index in [1.165, 1.54) is 99.8 Å². The summed E-state index contributed by atoms with van der Waals surface area (Å²) in [6.45, 7) is 2.29. The van der Waals surface area contributed by atoms with Crippen LogP contribution in [-0.2, 0) is 0 Å². The minimum Gasteiger partial charge on any atom is -0.0658 e. The molecule has 0 aliphatic rings. The Hall–Kier alpha value is 0.217. The highest BCUT2D eigenvalue weighted by Crippen LogP contribution is 2.12. The maximum absolute atomic E-state index is 2.29. The summed E-state index contributed by atoms with van der Waals surface area (Å²) in [5.74, 6) is 0. The molecule has 0 aliphatic heterocycles. The Kier molecular flexibility index (Phi) is 15.4. The number of rotatable bonds is 13. The van der Waals surface area contributed by atoms with Gasteiger partial charge in [-0.05, 0) is 0 Å². The number of unbranched alkanes of at least 4 members (excludes halogenated alkanes) is 12. The van der Waals surface area contributed by atoms with Crippen LogP contribution < -0.4 is 0 Å². The van der Waals surface area contributed by atoms with Crippen molar-refractivity contribution >= 4 is 10.2 Å².